The summed E-state index contributed by atoms with van der Waals surface area (Å²) in [7, 11) is 0. The Labute approximate surface area is 136 Å². The average molecular weight is 421 g/mol. The first-order chi connectivity index (χ1) is 9.08. The second kappa shape index (κ2) is 5.01. The first-order valence-corrected chi connectivity index (χ1v) is 8.00. The number of H-pyrrole nitrogens is 1. The molecule has 1 aromatic carbocycles. The van der Waals surface area contributed by atoms with E-state index in [4.69, 9.17) is 23.8 Å². The van der Waals surface area contributed by atoms with Crippen molar-refractivity contribution in [2.24, 2.45) is 0 Å². The molecule has 0 saturated heterocycles. The maximum absolute atomic E-state index is 12.5. The largest absolute Gasteiger partial charge is 0.323 e. The Morgan fingerprint density at radius 1 is 1.37 bits per heavy atom. The van der Waals surface area contributed by atoms with E-state index < -0.39 is 0 Å². The molecule has 0 amide bonds. The van der Waals surface area contributed by atoms with E-state index in [9.17, 15) is 4.79 Å². The maximum Gasteiger partial charge on any atom is 0.267 e. The molecule has 96 valence electrons. The van der Waals surface area contributed by atoms with Crippen LogP contribution in [0, 0.1) is 8.34 Å². The van der Waals surface area contributed by atoms with Crippen molar-refractivity contribution >= 4 is 68.0 Å². The summed E-state index contributed by atoms with van der Waals surface area (Å²) in [6.07, 6.45) is 0. The molecule has 0 radical (unpaired) electrons. The highest BCUT2D eigenvalue weighted by Gasteiger charge is 2.11. The Hall–Kier alpha value is -0.700. The molecular weight excluding hydrogens is 415 g/mol. The van der Waals surface area contributed by atoms with Crippen LogP contribution in [0.4, 0.5) is 0 Å². The summed E-state index contributed by atoms with van der Waals surface area (Å²) in [5.41, 5.74) is 0.629. The molecule has 3 rings (SSSR count). The highest BCUT2D eigenvalue weighted by atomic mass is 127. The van der Waals surface area contributed by atoms with Crippen molar-refractivity contribution in [3.63, 3.8) is 0 Å². The molecule has 0 spiro atoms. The van der Waals surface area contributed by atoms with Gasteiger partial charge in [-0.1, -0.05) is 11.6 Å². The molecule has 0 saturated carbocycles. The third kappa shape index (κ3) is 2.26. The van der Waals surface area contributed by atoms with Crippen LogP contribution >= 0.6 is 57.7 Å². The zero-order valence-electron chi connectivity index (χ0n) is 9.31. The Morgan fingerprint density at radius 3 is 2.89 bits per heavy atom. The molecule has 0 aliphatic rings. The van der Waals surface area contributed by atoms with Gasteiger partial charge in [0.1, 0.15) is 4.83 Å². The second-order valence-electron chi connectivity index (χ2n) is 3.83. The molecule has 0 bridgehead atoms. The second-order valence-corrected chi connectivity index (χ2v) is 6.73. The average Bonchev–Trinajstić information content (AvgIpc) is 2.80. The molecule has 0 aliphatic carbocycles. The standard InChI is InChI=1S/C12H6ClIN2OS2/c13-6-1-2-9(8(14)5-6)16-11(17)7-3-4-19-10(7)15-12(16)18/h1-5H,(H,15,18). The molecule has 2 aromatic heterocycles. The van der Waals surface area contributed by atoms with E-state index in [1.165, 1.54) is 15.9 Å². The summed E-state index contributed by atoms with van der Waals surface area (Å²) in [6, 6.07) is 7.15. The molecule has 2 heterocycles. The number of thiophene rings is 1. The van der Waals surface area contributed by atoms with Gasteiger partial charge < -0.3 is 4.98 Å². The molecule has 19 heavy (non-hydrogen) atoms. The van der Waals surface area contributed by atoms with Crippen molar-refractivity contribution in [3.05, 3.63) is 53.4 Å². The van der Waals surface area contributed by atoms with Gasteiger partial charge in [-0.05, 0) is 64.5 Å². The fraction of sp³-hybridized carbons (Fsp3) is 0. The van der Waals surface area contributed by atoms with E-state index in [1.807, 2.05) is 5.38 Å². The Kier molecular flexibility index (Phi) is 3.50. The van der Waals surface area contributed by atoms with Gasteiger partial charge in [0.2, 0.25) is 0 Å². The summed E-state index contributed by atoms with van der Waals surface area (Å²) in [4.78, 5) is 16.4. The molecule has 1 N–H and O–H groups in total. The smallest absolute Gasteiger partial charge is 0.267 e. The van der Waals surface area contributed by atoms with E-state index in [1.54, 1.807) is 24.3 Å². The van der Waals surface area contributed by atoms with Crippen molar-refractivity contribution in [1.82, 2.24) is 9.55 Å². The number of hydrogen-bond acceptors (Lipinski definition) is 3. The number of fused-ring (bicyclic) bond motifs is 1. The van der Waals surface area contributed by atoms with Crippen LogP contribution in [-0.2, 0) is 0 Å². The molecule has 0 unspecified atom stereocenters. The normalized spacial score (nSPS) is 11.1. The molecule has 0 atom stereocenters. The predicted molar refractivity (Wildman–Crippen MR) is 90.3 cm³/mol. The van der Waals surface area contributed by atoms with Gasteiger partial charge in [-0.15, -0.1) is 11.3 Å². The third-order valence-electron chi connectivity index (χ3n) is 2.67. The van der Waals surface area contributed by atoms with E-state index in [-0.39, 0.29) is 5.56 Å². The summed E-state index contributed by atoms with van der Waals surface area (Å²) in [6.45, 7) is 0. The van der Waals surface area contributed by atoms with Crippen molar-refractivity contribution in [2.45, 2.75) is 0 Å². The Bertz CT molecular complexity index is 897. The minimum absolute atomic E-state index is 0.111. The van der Waals surface area contributed by atoms with Crippen LogP contribution < -0.4 is 5.56 Å². The number of nitrogens with zero attached hydrogens (tertiary/aromatic N) is 1. The predicted octanol–water partition coefficient (Wildman–Crippen LogP) is 4.37. The number of aromatic nitrogens is 2. The van der Waals surface area contributed by atoms with Gasteiger partial charge in [0.15, 0.2) is 4.77 Å². The van der Waals surface area contributed by atoms with Crippen molar-refractivity contribution in [2.75, 3.05) is 0 Å². The lowest BCUT2D eigenvalue weighted by atomic mass is 10.3. The van der Waals surface area contributed by atoms with E-state index in [0.29, 0.717) is 15.2 Å². The third-order valence-corrected chi connectivity index (χ3v) is 4.89. The maximum atomic E-state index is 12.5. The van der Waals surface area contributed by atoms with Crippen LogP contribution in [0.25, 0.3) is 15.9 Å². The van der Waals surface area contributed by atoms with Crippen LogP contribution in [0.15, 0.2) is 34.4 Å². The molecule has 0 aliphatic heterocycles. The number of hydrogen-bond donors (Lipinski definition) is 1. The highest BCUT2D eigenvalue weighted by Crippen LogP contribution is 2.22. The zero-order valence-corrected chi connectivity index (χ0v) is 13.9. The summed E-state index contributed by atoms with van der Waals surface area (Å²) in [5.74, 6) is 0. The lowest BCUT2D eigenvalue weighted by Gasteiger charge is -2.08. The number of halogens is 2. The number of nitrogens with one attached hydrogen (secondary N) is 1. The van der Waals surface area contributed by atoms with E-state index in [0.717, 1.165) is 14.1 Å². The summed E-state index contributed by atoms with van der Waals surface area (Å²) in [5, 5.41) is 3.14. The zero-order chi connectivity index (χ0) is 13.6. The lowest BCUT2D eigenvalue weighted by Crippen LogP contribution is -2.20. The van der Waals surface area contributed by atoms with Crippen molar-refractivity contribution in [1.29, 1.82) is 0 Å². The van der Waals surface area contributed by atoms with Gasteiger partial charge >= 0.3 is 0 Å². The minimum Gasteiger partial charge on any atom is -0.323 e. The molecule has 0 fully saturated rings. The van der Waals surface area contributed by atoms with Gasteiger partial charge in [-0.2, -0.15) is 0 Å². The summed E-state index contributed by atoms with van der Waals surface area (Å²) < 4.78 is 2.77. The number of rotatable bonds is 1. The van der Waals surface area contributed by atoms with Crippen LogP contribution in [0.5, 0.6) is 0 Å². The topological polar surface area (TPSA) is 37.8 Å². The number of aromatic amines is 1. The fourth-order valence-electron chi connectivity index (χ4n) is 1.82. The fourth-order valence-corrected chi connectivity index (χ4v) is 4.06. The molecule has 3 nitrogen and oxygen atoms in total. The first-order valence-electron chi connectivity index (χ1n) is 5.26. The van der Waals surface area contributed by atoms with Gasteiger partial charge in [-0.3, -0.25) is 9.36 Å². The monoisotopic (exact) mass is 420 g/mol. The lowest BCUT2D eigenvalue weighted by molar-refractivity contribution is 0.938. The van der Waals surface area contributed by atoms with Crippen molar-refractivity contribution < 1.29 is 0 Å². The molecular formula is C12H6ClIN2OS2. The van der Waals surface area contributed by atoms with Crippen molar-refractivity contribution in [3.8, 4) is 5.69 Å². The highest BCUT2D eigenvalue weighted by molar-refractivity contribution is 14.1. The molecule has 7 heteroatoms. The first kappa shape index (κ1) is 13.3. The van der Waals surface area contributed by atoms with Gasteiger partial charge in [-0.25, -0.2) is 0 Å². The molecule has 3 aromatic rings. The summed E-state index contributed by atoms with van der Waals surface area (Å²) >= 11 is 14.8. The van der Waals surface area contributed by atoms with Gasteiger partial charge in [0, 0.05) is 8.59 Å². The number of benzene rings is 1. The van der Waals surface area contributed by atoms with Gasteiger partial charge in [0.25, 0.3) is 5.56 Å². The Morgan fingerprint density at radius 2 is 2.16 bits per heavy atom. The quantitative estimate of drug-likeness (QED) is 0.469. The van der Waals surface area contributed by atoms with Crippen LogP contribution in [0.2, 0.25) is 5.02 Å². The van der Waals surface area contributed by atoms with Crippen LogP contribution in [0.1, 0.15) is 0 Å². The van der Waals surface area contributed by atoms with Gasteiger partial charge in [0.05, 0.1) is 11.1 Å². The SMILES string of the molecule is O=c1c2ccsc2[nH]c(=S)n1-c1ccc(Cl)cc1I. The van der Waals surface area contributed by atoms with Crippen LogP contribution in [0.3, 0.4) is 0 Å². The van der Waals surface area contributed by atoms with Crippen LogP contribution in [-0.4, -0.2) is 9.55 Å². The minimum atomic E-state index is -0.111. The Balaban J connectivity index is 2.42. The van der Waals surface area contributed by atoms with E-state index >= 15 is 0 Å². The van der Waals surface area contributed by atoms with E-state index in [2.05, 4.69) is 27.6 Å².